The number of ether oxygens (including phenoxy) is 1. The number of aliphatic hydroxyl groups is 1. The van der Waals surface area contributed by atoms with E-state index >= 15 is 0 Å². The molecule has 9 heteroatoms. The van der Waals surface area contributed by atoms with E-state index in [1.54, 1.807) is 0 Å². The minimum absolute atomic E-state index is 0.0738. The van der Waals surface area contributed by atoms with Gasteiger partial charge < -0.3 is 20.5 Å². The molecule has 2 atom stereocenters. The summed E-state index contributed by atoms with van der Waals surface area (Å²) in [6.45, 7) is 1.42. The maximum atomic E-state index is 11.7. The maximum absolute atomic E-state index is 11.7. The zero-order chi connectivity index (χ0) is 23.9. The number of esters is 1. The van der Waals surface area contributed by atoms with Crippen LogP contribution in [-0.4, -0.2) is 48.4 Å². The molecule has 8 nitrogen and oxygen atoms in total. The van der Waals surface area contributed by atoms with Crippen LogP contribution in [0.3, 0.4) is 0 Å². The van der Waals surface area contributed by atoms with Gasteiger partial charge in [-0.15, -0.1) is 0 Å². The molecule has 0 aromatic carbocycles. The molecule has 0 fully saturated rings. The highest BCUT2D eigenvalue weighted by molar-refractivity contribution is 7.47. The van der Waals surface area contributed by atoms with E-state index in [0.29, 0.717) is 6.42 Å². The van der Waals surface area contributed by atoms with Crippen molar-refractivity contribution in [2.45, 2.75) is 103 Å². The summed E-state index contributed by atoms with van der Waals surface area (Å²) in [5.41, 5.74) is 5.17. The Morgan fingerprint density at radius 1 is 0.906 bits per heavy atom. The minimum atomic E-state index is -4.24. The normalized spacial score (nSPS) is 14.5. The molecule has 0 spiro atoms. The molecule has 4 N–H and O–H groups in total. The molecule has 0 saturated carbocycles. The van der Waals surface area contributed by atoms with Gasteiger partial charge in [-0.2, -0.15) is 0 Å². The highest BCUT2D eigenvalue weighted by atomic mass is 31.2. The number of hydrogen-bond acceptors (Lipinski definition) is 7. The minimum Gasteiger partial charge on any atom is -0.463 e. The van der Waals surface area contributed by atoms with E-state index in [1.807, 2.05) is 0 Å². The van der Waals surface area contributed by atoms with Gasteiger partial charge in [-0.05, 0) is 32.1 Å². The molecule has 0 aliphatic heterocycles. The van der Waals surface area contributed by atoms with Gasteiger partial charge in [0.1, 0.15) is 12.7 Å². The number of allylic oxidation sites excluding steroid dienone is 2. The van der Waals surface area contributed by atoms with Crippen molar-refractivity contribution in [1.29, 1.82) is 0 Å². The molecule has 0 heterocycles. The monoisotopic (exact) mass is 479 g/mol. The third-order valence-corrected chi connectivity index (χ3v) is 5.87. The van der Waals surface area contributed by atoms with E-state index in [2.05, 4.69) is 28.1 Å². The largest absolute Gasteiger partial charge is 0.472 e. The van der Waals surface area contributed by atoms with Crippen molar-refractivity contribution in [2.24, 2.45) is 5.73 Å². The molecule has 190 valence electrons. The summed E-state index contributed by atoms with van der Waals surface area (Å²) in [5.74, 6) is -0.395. The topological polar surface area (TPSA) is 128 Å². The average Bonchev–Trinajstić information content (AvgIpc) is 2.77. The van der Waals surface area contributed by atoms with Crippen LogP contribution in [0, 0.1) is 0 Å². The van der Waals surface area contributed by atoms with Gasteiger partial charge in [0.2, 0.25) is 0 Å². The Morgan fingerprint density at radius 3 is 2.06 bits per heavy atom. The number of hydrogen-bond donors (Lipinski definition) is 3. The summed E-state index contributed by atoms with van der Waals surface area (Å²) in [4.78, 5) is 21.0. The van der Waals surface area contributed by atoms with Gasteiger partial charge in [-0.1, -0.05) is 70.4 Å². The zero-order valence-electron chi connectivity index (χ0n) is 19.9. The second-order valence-electron chi connectivity index (χ2n) is 8.06. The first-order valence-electron chi connectivity index (χ1n) is 12.2. The van der Waals surface area contributed by atoms with Gasteiger partial charge >= 0.3 is 13.8 Å². The summed E-state index contributed by atoms with van der Waals surface area (Å²) in [6.07, 6.45) is 19.2. The molecule has 32 heavy (non-hydrogen) atoms. The quantitative estimate of drug-likeness (QED) is 0.0806. The van der Waals surface area contributed by atoms with Gasteiger partial charge in [0.05, 0.1) is 13.2 Å². The number of phosphoric acid groups is 1. The number of phosphoric ester groups is 1. The van der Waals surface area contributed by atoms with Gasteiger partial charge in [-0.3, -0.25) is 13.8 Å². The van der Waals surface area contributed by atoms with Crippen molar-refractivity contribution in [3.63, 3.8) is 0 Å². The molecular weight excluding hydrogens is 433 g/mol. The molecule has 0 aromatic heterocycles. The third-order valence-electron chi connectivity index (χ3n) is 4.88. The van der Waals surface area contributed by atoms with Crippen LogP contribution in [0.4, 0.5) is 0 Å². The number of rotatable bonds is 23. The van der Waals surface area contributed by atoms with Crippen LogP contribution in [0.15, 0.2) is 12.2 Å². The Kier molecular flexibility index (Phi) is 21.5. The summed E-state index contributed by atoms with van der Waals surface area (Å²) >= 11 is 0. The Labute approximate surface area is 194 Å². The third kappa shape index (κ3) is 22.4. The van der Waals surface area contributed by atoms with E-state index in [4.69, 9.17) is 10.5 Å². The van der Waals surface area contributed by atoms with Crippen molar-refractivity contribution >= 4 is 13.8 Å². The first-order valence-corrected chi connectivity index (χ1v) is 13.7. The van der Waals surface area contributed by atoms with E-state index in [9.17, 15) is 19.4 Å². The Hall–Kier alpha value is -0.760. The lowest BCUT2D eigenvalue weighted by atomic mass is 10.1. The molecule has 0 amide bonds. The predicted molar refractivity (Wildman–Crippen MR) is 127 cm³/mol. The van der Waals surface area contributed by atoms with Crippen molar-refractivity contribution in [1.82, 2.24) is 0 Å². The second kappa shape index (κ2) is 22.1. The van der Waals surface area contributed by atoms with E-state index in [1.165, 1.54) is 51.4 Å². The fourth-order valence-corrected chi connectivity index (χ4v) is 3.81. The van der Waals surface area contributed by atoms with Gasteiger partial charge in [-0.25, -0.2) is 4.57 Å². The van der Waals surface area contributed by atoms with Crippen molar-refractivity contribution < 1.29 is 33.1 Å². The van der Waals surface area contributed by atoms with Crippen molar-refractivity contribution in [2.75, 3.05) is 26.4 Å². The predicted octanol–water partition coefficient (Wildman–Crippen LogP) is 5.02. The van der Waals surface area contributed by atoms with Crippen LogP contribution in [0.2, 0.25) is 0 Å². The Balaban J connectivity index is 3.49. The zero-order valence-corrected chi connectivity index (χ0v) is 20.8. The van der Waals surface area contributed by atoms with Crippen LogP contribution < -0.4 is 5.73 Å². The summed E-state index contributed by atoms with van der Waals surface area (Å²) in [6, 6.07) is 0. The van der Waals surface area contributed by atoms with Crippen LogP contribution in [0.25, 0.3) is 0 Å². The molecular formula is C23H46NO7P. The highest BCUT2D eigenvalue weighted by Crippen LogP contribution is 2.42. The van der Waals surface area contributed by atoms with E-state index < -0.39 is 26.5 Å². The molecule has 0 rings (SSSR count). The number of unbranched alkanes of at least 4 members (excludes halogenated alkanes) is 11. The highest BCUT2D eigenvalue weighted by Gasteiger charge is 2.22. The molecule has 0 bridgehead atoms. The van der Waals surface area contributed by atoms with Crippen LogP contribution >= 0.6 is 7.82 Å². The summed E-state index contributed by atoms with van der Waals surface area (Å²) < 4.78 is 25.5. The molecule has 0 aliphatic carbocycles. The van der Waals surface area contributed by atoms with Crippen LogP contribution in [0.1, 0.15) is 96.8 Å². The summed E-state index contributed by atoms with van der Waals surface area (Å²) in [7, 11) is -4.24. The fourth-order valence-electron chi connectivity index (χ4n) is 3.04. The molecule has 0 saturated heterocycles. The lowest BCUT2D eigenvalue weighted by Gasteiger charge is -2.15. The lowest BCUT2D eigenvalue weighted by molar-refractivity contribution is -0.147. The van der Waals surface area contributed by atoms with Crippen LogP contribution in [-0.2, 0) is 23.1 Å². The average molecular weight is 480 g/mol. The Bertz CT molecular complexity index is 517. The maximum Gasteiger partial charge on any atom is 0.472 e. The molecule has 0 radical (unpaired) electrons. The first-order chi connectivity index (χ1) is 15.4. The molecule has 1 unspecified atom stereocenters. The second-order valence-corrected chi connectivity index (χ2v) is 9.51. The number of carbonyl (C=O) groups excluding carboxylic acids is 1. The van der Waals surface area contributed by atoms with Crippen molar-refractivity contribution in [3.8, 4) is 0 Å². The van der Waals surface area contributed by atoms with Gasteiger partial charge in [0.15, 0.2) is 0 Å². The van der Waals surface area contributed by atoms with Crippen LogP contribution in [0.5, 0.6) is 0 Å². The number of carbonyl (C=O) groups is 1. The smallest absolute Gasteiger partial charge is 0.463 e. The number of aliphatic hydroxyl groups excluding tert-OH is 1. The summed E-state index contributed by atoms with van der Waals surface area (Å²) in [5, 5.41) is 9.67. The fraction of sp³-hybridized carbons (Fsp3) is 0.870. The van der Waals surface area contributed by atoms with Gasteiger partial charge in [0.25, 0.3) is 0 Å². The standard InChI is InChI=1S/C23H46NO7P/c1-2-3-4-5-6-7-8-9-10-11-12-13-14-15-16-17-23(26)29-20-22(25)21-31-32(27,28)30-19-18-24/h9-10,22,25H,2-8,11-21,24H2,1H3,(H,27,28)/b10-9-/t22-/m1/s1. The molecule has 0 aromatic rings. The lowest BCUT2D eigenvalue weighted by Crippen LogP contribution is -2.23. The Morgan fingerprint density at radius 2 is 1.47 bits per heavy atom. The first kappa shape index (κ1) is 31.2. The molecule has 0 aliphatic rings. The van der Waals surface area contributed by atoms with Gasteiger partial charge in [0, 0.05) is 13.0 Å². The number of nitrogens with two attached hydrogens (primary N) is 1. The van der Waals surface area contributed by atoms with E-state index in [0.717, 1.165) is 32.1 Å². The van der Waals surface area contributed by atoms with E-state index in [-0.39, 0.29) is 19.8 Å². The van der Waals surface area contributed by atoms with Crippen molar-refractivity contribution in [3.05, 3.63) is 12.2 Å². The SMILES string of the molecule is CCCCCCCC/C=C\CCCCCCCC(=O)OC[C@@H](O)COP(=O)(O)OCCN.